The number of aromatic amines is 1. The van der Waals surface area contributed by atoms with Gasteiger partial charge in [-0.2, -0.15) is 5.10 Å². The van der Waals surface area contributed by atoms with E-state index in [2.05, 4.69) is 31.1 Å². The highest BCUT2D eigenvalue weighted by atomic mass is 79.9. The molecular weight excluding hydrogens is 308 g/mol. The summed E-state index contributed by atoms with van der Waals surface area (Å²) in [6, 6.07) is 5.71. The van der Waals surface area contributed by atoms with Crippen LogP contribution in [-0.4, -0.2) is 33.0 Å². The number of halogens is 1. The summed E-state index contributed by atoms with van der Waals surface area (Å²) in [5.41, 5.74) is 1.70. The molecule has 5 nitrogen and oxygen atoms in total. The molecule has 0 fully saturated rings. The van der Waals surface area contributed by atoms with Gasteiger partial charge in [-0.25, -0.2) is 4.98 Å². The Kier molecular flexibility index (Phi) is 3.99. The summed E-state index contributed by atoms with van der Waals surface area (Å²) in [6.07, 6.45) is 0. The van der Waals surface area contributed by atoms with E-state index in [-0.39, 0.29) is 5.91 Å². The lowest BCUT2D eigenvalue weighted by atomic mass is 10.1. The van der Waals surface area contributed by atoms with Crippen LogP contribution in [0.1, 0.15) is 27.6 Å². The van der Waals surface area contributed by atoms with Gasteiger partial charge in [-0.1, -0.05) is 11.6 Å². The lowest BCUT2D eigenvalue weighted by molar-refractivity contribution is 0.0780. The smallest absolute Gasteiger partial charge is 0.255 e. The second-order valence-corrected chi connectivity index (χ2v) is 5.34. The van der Waals surface area contributed by atoms with Gasteiger partial charge in [0, 0.05) is 11.5 Å². The van der Waals surface area contributed by atoms with Crippen LogP contribution in [0.2, 0.25) is 0 Å². The van der Waals surface area contributed by atoms with Crippen LogP contribution in [0.4, 0.5) is 0 Å². The number of H-pyrrole nitrogens is 1. The third-order valence-corrected chi connectivity index (χ3v) is 3.41. The molecule has 1 heterocycles. The Labute approximate surface area is 120 Å². The lowest BCUT2D eigenvalue weighted by Crippen LogP contribution is -2.27. The normalized spacial score (nSPS) is 10.5. The summed E-state index contributed by atoms with van der Waals surface area (Å²) in [5, 5.41) is 6.79. The molecule has 6 heteroatoms. The summed E-state index contributed by atoms with van der Waals surface area (Å²) >= 11 is 3.40. The summed E-state index contributed by atoms with van der Waals surface area (Å²) < 4.78 is 0.793. The fourth-order valence-corrected chi connectivity index (χ4v) is 2.17. The maximum atomic E-state index is 12.4. The van der Waals surface area contributed by atoms with E-state index >= 15 is 0 Å². The molecule has 0 saturated heterocycles. The SMILES string of the molecule is Cc1ccc(Br)c(C(=O)N(C)Cc2n[nH]c(C)n2)c1. The molecule has 2 aromatic rings. The van der Waals surface area contributed by atoms with Crippen molar-refractivity contribution in [3.63, 3.8) is 0 Å². The number of amides is 1. The Morgan fingerprint density at radius 3 is 2.79 bits per heavy atom. The Morgan fingerprint density at radius 1 is 1.42 bits per heavy atom. The van der Waals surface area contributed by atoms with Gasteiger partial charge in [0.1, 0.15) is 5.82 Å². The van der Waals surface area contributed by atoms with Gasteiger partial charge in [-0.15, -0.1) is 0 Å². The molecular formula is C13H15BrN4O. The number of nitrogens with one attached hydrogen (secondary N) is 1. The highest BCUT2D eigenvalue weighted by Crippen LogP contribution is 2.20. The zero-order chi connectivity index (χ0) is 14.0. The van der Waals surface area contributed by atoms with E-state index in [1.165, 1.54) is 0 Å². The molecule has 0 spiro atoms. The summed E-state index contributed by atoms with van der Waals surface area (Å²) in [5.74, 6) is 1.29. The van der Waals surface area contributed by atoms with Crippen molar-refractivity contribution in [3.8, 4) is 0 Å². The van der Waals surface area contributed by atoms with Gasteiger partial charge in [0.2, 0.25) is 0 Å². The minimum absolute atomic E-state index is 0.0574. The van der Waals surface area contributed by atoms with E-state index in [0.29, 0.717) is 17.9 Å². The predicted octanol–water partition coefficient (Wildman–Crippen LogP) is 2.46. The Morgan fingerprint density at radius 2 is 2.16 bits per heavy atom. The maximum absolute atomic E-state index is 12.4. The van der Waals surface area contributed by atoms with E-state index in [1.54, 1.807) is 11.9 Å². The first-order chi connectivity index (χ1) is 8.97. The van der Waals surface area contributed by atoms with Crippen molar-refractivity contribution in [2.75, 3.05) is 7.05 Å². The molecule has 0 unspecified atom stereocenters. The summed E-state index contributed by atoms with van der Waals surface area (Å²) in [7, 11) is 1.74. The molecule has 19 heavy (non-hydrogen) atoms. The summed E-state index contributed by atoms with van der Waals surface area (Å²) in [4.78, 5) is 18.2. The van der Waals surface area contributed by atoms with Crippen molar-refractivity contribution in [2.45, 2.75) is 20.4 Å². The number of benzene rings is 1. The van der Waals surface area contributed by atoms with Crippen molar-refractivity contribution in [2.24, 2.45) is 0 Å². The van der Waals surface area contributed by atoms with Crippen LogP contribution >= 0.6 is 15.9 Å². The number of hydrogen-bond donors (Lipinski definition) is 1. The van der Waals surface area contributed by atoms with E-state index < -0.39 is 0 Å². The van der Waals surface area contributed by atoms with Crippen LogP contribution in [0.5, 0.6) is 0 Å². The largest absolute Gasteiger partial charge is 0.334 e. The fraction of sp³-hybridized carbons (Fsp3) is 0.308. The first kappa shape index (κ1) is 13.7. The zero-order valence-electron chi connectivity index (χ0n) is 11.1. The standard InChI is InChI=1S/C13H15BrN4O/c1-8-4-5-11(14)10(6-8)13(19)18(3)7-12-15-9(2)16-17-12/h4-6H,7H2,1-3H3,(H,15,16,17). The monoisotopic (exact) mass is 322 g/mol. The zero-order valence-corrected chi connectivity index (χ0v) is 12.7. The Hall–Kier alpha value is -1.69. The number of hydrogen-bond acceptors (Lipinski definition) is 3. The number of nitrogens with zero attached hydrogens (tertiary/aromatic N) is 3. The van der Waals surface area contributed by atoms with Gasteiger partial charge in [0.25, 0.3) is 5.91 Å². The average Bonchev–Trinajstić information content (AvgIpc) is 2.77. The van der Waals surface area contributed by atoms with Gasteiger partial charge in [-0.05, 0) is 41.9 Å². The maximum Gasteiger partial charge on any atom is 0.255 e. The molecule has 1 N–H and O–H groups in total. The van der Waals surface area contributed by atoms with Crippen LogP contribution < -0.4 is 0 Å². The molecule has 0 bridgehead atoms. The van der Waals surface area contributed by atoms with E-state index in [1.807, 2.05) is 32.0 Å². The van der Waals surface area contributed by atoms with Crippen LogP contribution in [0, 0.1) is 13.8 Å². The van der Waals surface area contributed by atoms with Crippen LogP contribution in [-0.2, 0) is 6.54 Å². The van der Waals surface area contributed by atoms with E-state index in [9.17, 15) is 4.79 Å². The van der Waals surface area contributed by atoms with Crippen molar-refractivity contribution in [1.29, 1.82) is 0 Å². The van der Waals surface area contributed by atoms with Crippen molar-refractivity contribution in [3.05, 3.63) is 45.4 Å². The number of aromatic nitrogens is 3. The van der Waals surface area contributed by atoms with Gasteiger partial charge < -0.3 is 4.90 Å². The van der Waals surface area contributed by atoms with Gasteiger partial charge in [0.05, 0.1) is 12.1 Å². The van der Waals surface area contributed by atoms with E-state index in [0.717, 1.165) is 15.9 Å². The molecule has 1 amide bonds. The molecule has 0 atom stereocenters. The second-order valence-electron chi connectivity index (χ2n) is 4.48. The number of rotatable bonds is 3. The van der Waals surface area contributed by atoms with Gasteiger partial charge in [0.15, 0.2) is 5.82 Å². The number of carbonyl (C=O) groups is 1. The highest BCUT2D eigenvalue weighted by molar-refractivity contribution is 9.10. The van der Waals surface area contributed by atoms with E-state index in [4.69, 9.17) is 0 Å². The first-order valence-corrected chi connectivity index (χ1v) is 6.66. The second kappa shape index (κ2) is 5.52. The molecule has 0 aliphatic heterocycles. The third-order valence-electron chi connectivity index (χ3n) is 2.72. The first-order valence-electron chi connectivity index (χ1n) is 5.87. The minimum atomic E-state index is -0.0574. The predicted molar refractivity (Wildman–Crippen MR) is 75.8 cm³/mol. The number of aryl methyl sites for hydroxylation is 2. The van der Waals surface area contributed by atoms with Crippen molar-refractivity contribution in [1.82, 2.24) is 20.1 Å². The molecule has 2 rings (SSSR count). The molecule has 100 valence electrons. The molecule has 0 radical (unpaired) electrons. The Balaban J connectivity index is 2.16. The quantitative estimate of drug-likeness (QED) is 0.944. The topological polar surface area (TPSA) is 61.9 Å². The minimum Gasteiger partial charge on any atom is -0.334 e. The molecule has 0 saturated carbocycles. The van der Waals surface area contributed by atoms with Crippen molar-refractivity contribution < 1.29 is 4.79 Å². The summed E-state index contributed by atoms with van der Waals surface area (Å²) in [6.45, 7) is 4.17. The van der Waals surface area contributed by atoms with Gasteiger partial charge in [-0.3, -0.25) is 9.89 Å². The average molecular weight is 323 g/mol. The van der Waals surface area contributed by atoms with Crippen LogP contribution in [0.25, 0.3) is 0 Å². The number of carbonyl (C=O) groups excluding carboxylic acids is 1. The van der Waals surface area contributed by atoms with Gasteiger partial charge >= 0.3 is 0 Å². The van der Waals surface area contributed by atoms with Crippen LogP contribution in [0.15, 0.2) is 22.7 Å². The highest BCUT2D eigenvalue weighted by Gasteiger charge is 2.16. The third kappa shape index (κ3) is 3.20. The van der Waals surface area contributed by atoms with Crippen LogP contribution in [0.3, 0.4) is 0 Å². The molecule has 1 aromatic carbocycles. The Bertz CT molecular complexity index is 608. The molecule has 0 aliphatic carbocycles. The lowest BCUT2D eigenvalue weighted by Gasteiger charge is -2.16. The molecule has 1 aromatic heterocycles. The van der Waals surface area contributed by atoms with Crippen molar-refractivity contribution >= 4 is 21.8 Å². The fourth-order valence-electron chi connectivity index (χ4n) is 1.75. The molecule has 0 aliphatic rings.